The molecule has 2 aliphatic rings. The van der Waals surface area contributed by atoms with Gasteiger partial charge in [0.2, 0.25) is 0 Å². The standard InChI is InChI=1S/C12H18FNO3/c1-2-17-12(16)10-6-11(15)8-5-7(13)3-4-9(8)14-10/h7-10,14H,2-6H2,1H3. The van der Waals surface area contributed by atoms with Crippen LogP contribution in [0.2, 0.25) is 0 Å². The van der Waals surface area contributed by atoms with Crippen molar-refractivity contribution in [2.24, 2.45) is 5.92 Å². The number of hydrogen-bond acceptors (Lipinski definition) is 4. The van der Waals surface area contributed by atoms with Crippen molar-refractivity contribution in [1.29, 1.82) is 0 Å². The fourth-order valence-corrected chi connectivity index (χ4v) is 2.74. The fraction of sp³-hybridized carbons (Fsp3) is 0.833. The first-order valence-electron chi connectivity index (χ1n) is 6.21. The second kappa shape index (κ2) is 5.12. The van der Waals surface area contributed by atoms with Crippen LogP contribution in [0, 0.1) is 5.92 Å². The van der Waals surface area contributed by atoms with Gasteiger partial charge in [-0.1, -0.05) is 0 Å². The SMILES string of the molecule is CCOC(=O)C1CC(=O)C2CC(F)CCC2N1. The summed E-state index contributed by atoms with van der Waals surface area (Å²) in [6, 6.07) is -0.600. The van der Waals surface area contributed by atoms with Gasteiger partial charge in [-0.05, 0) is 26.2 Å². The number of halogens is 1. The Hall–Kier alpha value is -0.970. The minimum Gasteiger partial charge on any atom is -0.465 e. The number of esters is 1. The van der Waals surface area contributed by atoms with Crippen LogP contribution in [0.5, 0.6) is 0 Å². The first-order valence-corrected chi connectivity index (χ1v) is 6.21. The molecular formula is C12H18FNO3. The molecule has 2 rings (SSSR count). The maximum atomic E-state index is 13.2. The summed E-state index contributed by atoms with van der Waals surface area (Å²) < 4.78 is 18.1. The molecule has 0 aromatic heterocycles. The summed E-state index contributed by atoms with van der Waals surface area (Å²) in [5.74, 6) is -0.639. The zero-order valence-electron chi connectivity index (χ0n) is 9.95. The van der Waals surface area contributed by atoms with Crippen LogP contribution in [0.3, 0.4) is 0 Å². The summed E-state index contributed by atoms with van der Waals surface area (Å²) in [5, 5.41) is 3.13. The summed E-state index contributed by atoms with van der Waals surface area (Å²) in [5.41, 5.74) is 0. The third-order valence-electron chi connectivity index (χ3n) is 3.59. The Kier molecular flexibility index (Phi) is 3.76. The Morgan fingerprint density at radius 1 is 1.53 bits per heavy atom. The maximum Gasteiger partial charge on any atom is 0.323 e. The quantitative estimate of drug-likeness (QED) is 0.735. The van der Waals surface area contributed by atoms with Crippen LogP contribution in [0.1, 0.15) is 32.6 Å². The molecule has 0 spiro atoms. The number of ketones is 1. The van der Waals surface area contributed by atoms with Crippen molar-refractivity contribution in [3.05, 3.63) is 0 Å². The molecule has 1 heterocycles. The van der Waals surface area contributed by atoms with Crippen LogP contribution in [-0.4, -0.2) is 36.6 Å². The Morgan fingerprint density at radius 2 is 2.29 bits per heavy atom. The summed E-state index contributed by atoms with van der Waals surface area (Å²) in [7, 11) is 0. The number of rotatable bonds is 2. The number of nitrogens with one attached hydrogen (secondary N) is 1. The van der Waals surface area contributed by atoms with Crippen molar-refractivity contribution < 1.29 is 18.7 Å². The van der Waals surface area contributed by atoms with Gasteiger partial charge in [-0.2, -0.15) is 0 Å². The zero-order valence-corrected chi connectivity index (χ0v) is 9.95. The lowest BCUT2D eigenvalue weighted by atomic mass is 9.76. The van der Waals surface area contributed by atoms with Crippen LogP contribution in [-0.2, 0) is 14.3 Å². The molecule has 0 radical (unpaired) electrons. The number of Topliss-reactive ketones (excluding diaryl/α,β-unsaturated/α-hetero) is 1. The molecule has 0 amide bonds. The summed E-state index contributed by atoms with van der Waals surface area (Å²) >= 11 is 0. The molecule has 0 aromatic carbocycles. The summed E-state index contributed by atoms with van der Waals surface area (Å²) in [6.07, 6.45) is 0.643. The minimum absolute atomic E-state index is 0.00541. The smallest absolute Gasteiger partial charge is 0.323 e. The zero-order chi connectivity index (χ0) is 12.4. The van der Waals surface area contributed by atoms with E-state index in [1.807, 2.05) is 0 Å². The van der Waals surface area contributed by atoms with Crippen LogP contribution >= 0.6 is 0 Å². The fourth-order valence-electron chi connectivity index (χ4n) is 2.74. The van der Waals surface area contributed by atoms with E-state index in [4.69, 9.17) is 4.74 Å². The average Bonchev–Trinajstić information content (AvgIpc) is 2.30. The van der Waals surface area contributed by atoms with E-state index in [0.717, 1.165) is 0 Å². The molecule has 4 unspecified atom stereocenters. The Balaban J connectivity index is 2.00. The molecule has 5 heteroatoms. The van der Waals surface area contributed by atoms with Gasteiger partial charge in [0, 0.05) is 18.4 Å². The molecule has 1 saturated carbocycles. The molecular weight excluding hydrogens is 225 g/mol. The van der Waals surface area contributed by atoms with Crippen LogP contribution in [0.25, 0.3) is 0 Å². The van der Waals surface area contributed by atoms with Crippen molar-refractivity contribution in [2.45, 2.75) is 50.9 Å². The Bertz CT molecular complexity index is 321. The van der Waals surface area contributed by atoms with E-state index in [9.17, 15) is 14.0 Å². The number of carbonyl (C=O) groups is 2. The largest absolute Gasteiger partial charge is 0.465 e. The summed E-state index contributed by atoms with van der Waals surface area (Å²) in [4.78, 5) is 23.5. The van der Waals surface area contributed by atoms with E-state index in [0.29, 0.717) is 25.9 Å². The topological polar surface area (TPSA) is 55.4 Å². The van der Waals surface area contributed by atoms with Gasteiger partial charge in [-0.3, -0.25) is 9.59 Å². The molecule has 1 aliphatic heterocycles. The average molecular weight is 243 g/mol. The number of alkyl halides is 1. The van der Waals surface area contributed by atoms with Gasteiger partial charge in [0.1, 0.15) is 18.0 Å². The molecule has 4 nitrogen and oxygen atoms in total. The molecule has 0 aromatic rings. The van der Waals surface area contributed by atoms with Crippen molar-refractivity contribution >= 4 is 11.8 Å². The van der Waals surface area contributed by atoms with E-state index in [1.165, 1.54) is 0 Å². The van der Waals surface area contributed by atoms with Gasteiger partial charge in [-0.25, -0.2) is 4.39 Å². The normalized spacial score (nSPS) is 37.4. The molecule has 0 bridgehead atoms. The molecule has 1 aliphatic carbocycles. The number of hydrogen-bond donors (Lipinski definition) is 1. The molecule has 4 atom stereocenters. The van der Waals surface area contributed by atoms with Gasteiger partial charge in [0.25, 0.3) is 0 Å². The first-order chi connectivity index (χ1) is 8.11. The Morgan fingerprint density at radius 3 is 3.00 bits per heavy atom. The molecule has 17 heavy (non-hydrogen) atoms. The lowest BCUT2D eigenvalue weighted by molar-refractivity contribution is -0.150. The second-order valence-electron chi connectivity index (χ2n) is 4.77. The van der Waals surface area contributed by atoms with E-state index in [-0.39, 0.29) is 30.1 Å². The lowest BCUT2D eigenvalue weighted by Crippen LogP contribution is -2.57. The number of ether oxygens (including phenoxy) is 1. The van der Waals surface area contributed by atoms with Gasteiger partial charge >= 0.3 is 5.97 Å². The highest BCUT2D eigenvalue weighted by Gasteiger charge is 2.42. The monoisotopic (exact) mass is 243 g/mol. The highest BCUT2D eigenvalue weighted by molar-refractivity contribution is 5.90. The highest BCUT2D eigenvalue weighted by atomic mass is 19.1. The lowest BCUT2D eigenvalue weighted by Gasteiger charge is -2.39. The molecule has 2 fully saturated rings. The van der Waals surface area contributed by atoms with Gasteiger partial charge in [0.05, 0.1) is 6.61 Å². The highest BCUT2D eigenvalue weighted by Crippen LogP contribution is 2.32. The molecule has 1 N–H and O–H groups in total. The van der Waals surface area contributed by atoms with Crippen LogP contribution < -0.4 is 5.32 Å². The molecule has 96 valence electrons. The van der Waals surface area contributed by atoms with Crippen molar-refractivity contribution in [2.75, 3.05) is 6.61 Å². The van der Waals surface area contributed by atoms with Crippen molar-refractivity contribution in [3.63, 3.8) is 0 Å². The maximum absolute atomic E-state index is 13.2. The number of piperidine rings is 1. The van der Waals surface area contributed by atoms with E-state index < -0.39 is 12.2 Å². The van der Waals surface area contributed by atoms with E-state index in [1.54, 1.807) is 6.92 Å². The predicted octanol–water partition coefficient (Wildman–Crippen LogP) is 0.987. The first kappa shape index (κ1) is 12.5. The van der Waals surface area contributed by atoms with Gasteiger partial charge in [-0.15, -0.1) is 0 Å². The van der Waals surface area contributed by atoms with Crippen LogP contribution in [0.4, 0.5) is 4.39 Å². The second-order valence-corrected chi connectivity index (χ2v) is 4.77. The van der Waals surface area contributed by atoms with Crippen molar-refractivity contribution in [1.82, 2.24) is 5.32 Å². The van der Waals surface area contributed by atoms with Crippen molar-refractivity contribution in [3.8, 4) is 0 Å². The van der Waals surface area contributed by atoms with Gasteiger partial charge < -0.3 is 10.1 Å². The summed E-state index contributed by atoms with van der Waals surface area (Å²) in [6.45, 7) is 2.05. The number of fused-ring (bicyclic) bond motifs is 1. The Labute approximate surface area is 99.9 Å². The van der Waals surface area contributed by atoms with Gasteiger partial charge in [0.15, 0.2) is 0 Å². The third-order valence-corrected chi connectivity index (χ3v) is 3.59. The number of carbonyl (C=O) groups excluding carboxylic acids is 2. The predicted molar refractivity (Wildman–Crippen MR) is 59.2 cm³/mol. The minimum atomic E-state index is -0.874. The van der Waals surface area contributed by atoms with Crippen LogP contribution in [0.15, 0.2) is 0 Å². The molecule has 1 saturated heterocycles. The van der Waals surface area contributed by atoms with E-state index >= 15 is 0 Å². The third kappa shape index (κ3) is 2.65. The van der Waals surface area contributed by atoms with E-state index in [2.05, 4.69) is 5.32 Å².